The number of ether oxygens (including phenoxy) is 1. The van der Waals surface area contributed by atoms with Gasteiger partial charge in [0.2, 0.25) is 5.16 Å². The van der Waals surface area contributed by atoms with Crippen molar-refractivity contribution < 1.29 is 14.6 Å². The zero-order valence-corrected chi connectivity index (χ0v) is 19.5. The van der Waals surface area contributed by atoms with Crippen LogP contribution in [0.4, 0.5) is 5.69 Å². The second-order valence-electron chi connectivity index (χ2n) is 7.54. The van der Waals surface area contributed by atoms with Crippen molar-refractivity contribution in [2.75, 3.05) is 11.9 Å². The molecule has 2 heterocycles. The van der Waals surface area contributed by atoms with Crippen molar-refractivity contribution in [3.63, 3.8) is 0 Å². The molecule has 0 aliphatic rings. The minimum atomic E-state index is -0.838. The Morgan fingerprint density at radius 3 is 2.65 bits per heavy atom. The van der Waals surface area contributed by atoms with E-state index in [9.17, 15) is 4.79 Å². The summed E-state index contributed by atoms with van der Waals surface area (Å²) >= 11 is 1.46. The number of hydrogen-bond acceptors (Lipinski definition) is 7. The third kappa shape index (κ3) is 6.35. The number of H-pyrrole nitrogens is 1. The number of nitrogens with zero attached hydrogens (tertiary/aromatic N) is 3. The van der Waals surface area contributed by atoms with Crippen molar-refractivity contribution in [1.82, 2.24) is 20.2 Å². The Morgan fingerprint density at radius 1 is 1.12 bits per heavy atom. The predicted octanol–water partition coefficient (Wildman–Crippen LogP) is 5.05. The standard InChI is InChI=1S/C25H25N5O3S/c1-2-13-33-22-15-21(34-25-28-24(29-30-25)18-9-11-26-12-10-18)8-5-19(22)16-27-20-6-3-17(4-7-20)14-23(31)32/h3-12,15,27H,2,13-14,16H2,1H3,(H,31,32)(H,28,29,30). The number of hydrogen-bond donors (Lipinski definition) is 3. The molecule has 0 atom stereocenters. The van der Waals surface area contributed by atoms with E-state index in [4.69, 9.17) is 9.84 Å². The Morgan fingerprint density at radius 2 is 1.91 bits per heavy atom. The molecule has 8 nitrogen and oxygen atoms in total. The van der Waals surface area contributed by atoms with E-state index in [0.29, 0.717) is 24.1 Å². The molecule has 0 spiro atoms. The van der Waals surface area contributed by atoms with E-state index in [1.807, 2.05) is 54.6 Å². The molecule has 0 amide bonds. The van der Waals surface area contributed by atoms with E-state index in [1.165, 1.54) is 11.8 Å². The summed E-state index contributed by atoms with van der Waals surface area (Å²) in [6, 6.07) is 17.3. The Bertz CT molecular complexity index is 1230. The molecule has 2 aromatic carbocycles. The van der Waals surface area contributed by atoms with E-state index in [2.05, 4.69) is 32.4 Å². The molecule has 0 bridgehead atoms. The van der Waals surface area contributed by atoms with E-state index in [-0.39, 0.29) is 6.42 Å². The molecule has 9 heteroatoms. The van der Waals surface area contributed by atoms with Crippen molar-refractivity contribution in [1.29, 1.82) is 0 Å². The van der Waals surface area contributed by atoms with Crippen molar-refractivity contribution in [2.45, 2.75) is 36.4 Å². The van der Waals surface area contributed by atoms with Gasteiger partial charge in [-0.15, -0.1) is 5.10 Å². The summed E-state index contributed by atoms with van der Waals surface area (Å²) in [5.74, 6) is 0.671. The Labute approximate surface area is 201 Å². The molecular weight excluding hydrogens is 450 g/mol. The van der Waals surface area contributed by atoms with Crippen LogP contribution in [0.3, 0.4) is 0 Å². The highest BCUT2D eigenvalue weighted by Gasteiger charge is 2.11. The lowest BCUT2D eigenvalue weighted by Crippen LogP contribution is -2.05. The average molecular weight is 476 g/mol. The maximum Gasteiger partial charge on any atom is 0.307 e. The summed E-state index contributed by atoms with van der Waals surface area (Å²) < 4.78 is 6.02. The molecule has 0 radical (unpaired) electrons. The summed E-state index contributed by atoms with van der Waals surface area (Å²) in [6.45, 7) is 3.27. The van der Waals surface area contributed by atoms with Crippen LogP contribution in [-0.4, -0.2) is 37.8 Å². The first-order valence-electron chi connectivity index (χ1n) is 10.9. The average Bonchev–Trinajstić information content (AvgIpc) is 3.32. The maximum atomic E-state index is 10.9. The number of carboxylic acid groups (broad SMARTS) is 1. The Kier molecular flexibility index (Phi) is 7.77. The Hall–Kier alpha value is -3.85. The van der Waals surface area contributed by atoms with Crippen molar-refractivity contribution in [2.24, 2.45) is 0 Å². The molecule has 0 saturated carbocycles. The van der Waals surface area contributed by atoms with Gasteiger partial charge >= 0.3 is 5.97 Å². The van der Waals surface area contributed by atoms with Crippen LogP contribution in [0.5, 0.6) is 5.75 Å². The fourth-order valence-corrected chi connectivity index (χ4v) is 3.98. The third-order valence-corrected chi connectivity index (χ3v) is 5.78. The summed E-state index contributed by atoms with van der Waals surface area (Å²) in [4.78, 5) is 20.4. The zero-order chi connectivity index (χ0) is 23.8. The number of carbonyl (C=O) groups is 1. The van der Waals surface area contributed by atoms with Gasteiger partial charge in [0, 0.05) is 40.6 Å². The fraction of sp³-hybridized carbons (Fsp3) is 0.200. The molecular formula is C25H25N5O3S. The fourth-order valence-electron chi connectivity index (χ4n) is 3.24. The largest absolute Gasteiger partial charge is 0.493 e. The van der Waals surface area contributed by atoms with E-state index in [0.717, 1.165) is 39.4 Å². The molecule has 0 aliphatic carbocycles. The molecule has 174 valence electrons. The molecule has 0 fully saturated rings. The highest BCUT2D eigenvalue weighted by Crippen LogP contribution is 2.31. The quantitative estimate of drug-likeness (QED) is 0.276. The van der Waals surface area contributed by atoms with E-state index in [1.54, 1.807) is 12.4 Å². The molecule has 0 aliphatic heterocycles. The van der Waals surface area contributed by atoms with Gasteiger partial charge in [0.1, 0.15) is 5.75 Å². The lowest BCUT2D eigenvalue weighted by molar-refractivity contribution is -0.136. The number of aliphatic carboxylic acids is 1. The van der Waals surface area contributed by atoms with Gasteiger partial charge in [-0.25, -0.2) is 4.98 Å². The molecule has 0 saturated heterocycles. The number of benzene rings is 2. The van der Waals surface area contributed by atoms with Gasteiger partial charge in [-0.05, 0) is 60.1 Å². The number of carboxylic acids is 1. The van der Waals surface area contributed by atoms with Crippen LogP contribution < -0.4 is 10.1 Å². The summed E-state index contributed by atoms with van der Waals surface area (Å²) in [5.41, 5.74) is 3.64. The highest BCUT2D eigenvalue weighted by molar-refractivity contribution is 7.99. The third-order valence-electron chi connectivity index (χ3n) is 4.92. The number of pyridine rings is 1. The smallest absolute Gasteiger partial charge is 0.307 e. The van der Waals surface area contributed by atoms with Crippen molar-refractivity contribution in [3.8, 4) is 17.1 Å². The second kappa shape index (κ2) is 11.3. The molecule has 34 heavy (non-hydrogen) atoms. The first kappa shape index (κ1) is 23.3. The van der Waals surface area contributed by atoms with Gasteiger partial charge in [-0.3, -0.25) is 14.9 Å². The predicted molar refractivity (Wildman–Crippen MR) is 131 cm³/mol. The van der Waals surface area contributed by atoms with Crippen LogP contribution in [0.1, 0.15) is 24.5 Å². The number of anilines is 1. The van der Waals surface area contributed by atoms with Crippen molar-refractivity contribution in [3.05, 3.63) is 78.1 Å². The normalized spacial score (nSPS) is 10.7. The van der Waals surface area contributed by atoms with Crippen LogP contribution in [-0.2, 0) is 17.8 Å². The first-order valence-corrected chi connectivity index (χ1v) is 11.7. The number of nitrogens with one attached hydrogen (secondary N) is 2. The van der Waals surface area contributed by atoms with Gasteiger partial charge in [-0.1, -0.05) is 25.1 Å². The maximum absolute atomic E-state index is 10.9. The molecule has 3 N–H and O–H groups in total. The number of rotatable bonds is 11. The molecule has 0 unspecified atom stereocenters. The summed E-state index contributed by atoms with van der Waals surface area (Å²) in [5, 5.41) is 20.2. The summed E-state index contributed by atoms with van der Waals surface area (Å²) in [6.07, 6.45) is 4.37. The van der Waals surface area contributed by atoms with Gasteiger partial charge in [0.25, 0.3) is 0 Å². The minimum Gasteiger partial charge on any atom is -0.493 e. The zero-order valence-electron chi connectivity index (χ0n) is 18.7. The van der Waals surface area contributed by atoms with E-state index >= 15 is 0 Å². The minimum absolute atomic E-state index is 0.0172. The van der Waals surface area contributed by atoms with Gasteiger partial charge in [-0.2, -0.15) is 0 Å². The summed E-state index contributed by atoms with van der Waals surface area (Å²) in [7, 11) is 0. The molecule has 2 aromatic heterocycles. The number of aromatic nitrogens is 4. The lowest BCUT2D eigenvalue weighted by Gasteiger charge is -2.14. The molecule has 4 aromatic rings. The van der Waals surface area contributed by atoms with Crippen LogP contribution in [0.2, 0.25) is 0 Å². The van der Waals surface area contributed by atoms with Crippen LogP contribution in [0.25, 0.3) is 11.4 Å². The molecule has 4 rings (SSSR count). The topological polar surface area (TPSA) is 113 Å². The van der Waals surface area contributed by atoms with Crippen LogP contribution in [0, 0.1) is 0 Å². The van der Waals surface area contributed by atoms with Crippen LogP contribution >= 0.6 is 11.8 Å². The lowest BCUT2D eigenvalue weighted by atomic mass is 10.1. The second-order valence-corrected chi connectivity index (χ2v) is 8.58. The van der Waals surface area contributed by atoms with Crippen molar-refractivity contribution >= 4 is 23.4 Å². The first-order chi connectivity index (χ1) is 16.6. The van der Waals surface area contributed by atoms with Crippen LogP contribution in [0.15, 0.2) is 77.0 Å². The number of aromatic amines is 1. The SMILES string of the molecule is CCCOc1cc(Sc2n[nH]c(-c3ccncc3)n2)ccc1CNc1ccc(CC(=O)O)cc1. The van der Waals surface area contributed by atoms with E-state index < -0.39 is 5.97 Å². The highest BCUT2D eigenvalue weighted by atomic mass is 32.2. The van der Waals surface area contributed by atoms with Gasteiger partial charge in [0.05, 0.1) is 13.0 Å². The Balaban J connectivity index is 1.44. The van der Waals surface area contributed by atoms with Gasteiger partial charge in [0.15, 0.2) is 5.82 Å². The van der Waals surface area contributed by atoms with Gasteiger partial charge < -0.3 is 15.2 Å². The monoisotopic (exact) mass is 475 g/mol.